The van der Waals surface area contributed by atoms with Crippen LogP contribution in [0.3, 0.4) is 0 Å². The van der Waals surface area contributed by atoms with Crippen LogP contribution in [0, 0.1) is 5.92 Å². The first-order valence-electron chi connectivity index (χ1n) is 10.8. The molecule has 5 rings (SSSR count). The molecule has 9 nitrogen and oxygen atoms in total. The summed E-state index contributed by atoms with van der Waals surface area (Å²) in [6.07, 6.45) is 6.45. The Morgan fingerprint density at radius 1 is 1.10 bits per heavy atom. The highest BCUT2D eigenvalue weighted by atomic mass is 16.3. The molecule has 3 aliphatic rings. The van der Waals surface area contributed by atoms with E-state index in [1.54, 1.807) is 15.6 Å². The molecule has 3 heterocycles. The zero-order chi connectivity index (χ0) is 21.5. The van der Waals surface area contributed by atoms with E-state index in [0.29, 0.717) is 30.4 Å². The van der Waals surface area contributed by atoms with Gasteiger partial charge in [-0.1, -0.05) is 11.3 Å². The Bertz CT molecular complexity index is 1040. The highest BCUT2D eigenvalue weighted by molar-refractivity contribution is 6.05. The van der Waals surface area contributed by atoms with E-state index in [2.05, 4.69) is 15.6 Å². The molecule has 0 radical (unpaired) electrons. The lowest BCUT2D eigenvalue weighted by atomic mass is 9.81. The molecule has 1 aromatic carbocycles. The van der Waals surface area contributed by atoms with Crippen LogP contribution >= 0.6 is 0 Å². The number of nitrogens with one attached hydrogen (secondary N) is 1. The standard InChI is InChI=1S/C22H25N5O4/c28-12-13-4-6-14(7-5-13)17-11-27(25-24-17)18-3-1-2-15-16(18)10-26(22(15)31)19-8-9-20(29)23-21(19)30/h1-3,11,13-14,19,28H,4-10,12H2,(H,23,29,30). The minimum absolute atomic E-state index is 0.200. The Kier molecular flexibility index (Phi) is 5.05. The van der Waals surface area contributed by atoms with Gasteiger partial charge in [0.15, 0.2) is 0 Å². The summed E-state index contributed by atoms with van der Waals surface area (Å²) in [6.45, 7) is 0.542. The SMILES string of the molecule is O=C1CCC(N2Cc3c(cccc3-n3cc(C4CCC(CO)CC4)nn3)C2=O)C(=O)N1. The number of piperidine rings is 1. The number of hydrogen-bond donors (Lipinski definition) is 2. The van der Waals surface area contributed by atoms with Gasteiger partial charge in [-0.25, -0.2) is 4.68 Å². The highest BCUT2D eigenvalue weighted by Gasteiger charge is 2.40. The van der Waals surface area contributed by atoms with Crippen LogP contribution < -0.4 is 5.32 Å². The predicted octanol–water partition coefficient (Wildman–Crippen LogP) is 1.29. The molecule has 2 aromatic rings. The summed E-state index contributed by atoms with van der Waals surface area (Å²) in [4.78, 5) is 38.3. The van der Waals surface area contributed by atoms with E-state index >= 15 is 0 Å². The van der Waals surface area contributed by atoms with Crippen LogP contribution in [-0.2, 0) is 16.1 Å². The molecule has 31 heavy (non-hydrogen) atoms. The molecule has 2 N–H and O–H groups in total. The first-order valence-corrected chi connectivity index (χ1v) is 10.8. The number of benzene rings is 1. The number of imide groups is 1. The van der Waals surface area contributed by atoms with Crippen LogP contribution in [0.1, 0.15) is 66.1 Å². The summed E-state index contributed by atoms with van der Waals surface area (Å²) in [5.41, 5.74) is 3.09. The van der Waals surface area contributed by atoms with Crippen molar-refractivity contribution in [1.29, 1.82) is 0 Å². The van der Waals surface area contributed by atoms with Crippen molar-refractivity contribution in [3.05, 3.63) is 41.2 Å². The summed E-state index contributed by atoms with van der Waals surface area (Å²) in [6, 6.07) is 4.84. The van der Waals surface area contributed by atoms with Gasteiger partial charge < -0.3 is 10.0 Å². The molecule has 3 amide bonds. The first-order chi connectivity index (χ1) is 15.0. The minimum Gasteiger partial charge on any atom is -0.396 e. The van der Waals surface area contributed by atoms with Crippen molar-refractivity contribution in [2.75, 3.05) is 6.61 Å². The molecule has 9 heteroatoms. The zero-order valence-electron chi connectivity index (χ0n) is 17.2. The Hall–Kier alpha value is -3.07. The van der Waals surface area contributed by atoms with E-state index in [9.17, 15) is 19.5 Å². The van der Waals surface area contributed by atoms with Crippen LogP contribution in [0.15, 0.2) is 24.4 Å². The van der Waals surface area contributed by atoms with Crippen molar-refractivity contribution in [2.24, 2.45) is 5.92 Å². The van der Waals surface area contributed by atoms with E-state index in [1.165, 1.54) is 0 Å². The van der Waals surface area contributed by atoms with E-state index in [1.807, 2.05) is 18.3 Å². The average Bonchev–Trinajstić information content (AvgIpc) is 3.39. The van der Waals surface area contributed by atoms with Gasteiger partial charge in [0, 0.05) is 36.6 Å². The maximum atomic E-state index is 13.0. The van der Waals surface area contributed by atoms with Crippen molar-refractivity contribution in [3.63, 3.8) is 0 Å². The largest absolute Gasteiger partial charge is 0.396 e. The molecule has 1 aliphatic carbocycles. The second-order valence-corrected chi connectivity index (χ2v) is 8.69. The summed E-state index contributed by atoms with van der Waals surface area (Å²) < 4.78 is 1.72. The molecule has 1 saturated carbocycles. The van der Waals surface area contributed by atoms with Gasteiger partial charge in [0.2, 0.25) is 11.8 Å². The molecule has 162 valence electrons. The fourth-order valence-corrected chi connectivity index (χ4v) is 5.01. The van der Waals surface area contributed by atoms with Crippen LogP contribution in [0.4, 0.5) is 0 Å². The third kappa shape index (κ3) is 3.52. The van der Waals surface area contributed by atoms with E-state index < -0.39 is 11.9 Å². The zero-order valence-corrected chi connectivity index (χ0v) is 17.2. The number of carbonyl (C=O) groups is 3. The second kappa shape index (κ2) is 7.88. The topological polar surface area (TPSA) is 117 Å². The van der Waals surface area contributed by atoms with Crippen LogP contribution in [-0.4, -0.2) is 55.4 Å². The third-order valence-corrected chi connectivity index (χ3v) is 6.84. The van der Waals surface area contributed by atoms with Gasteiger partial charge >= 0.3 is 0 Å². The van der Waals surface area contributed by atoms with Crippen molar-refractivity contribution >= 4 is 17.7 Å². The Labute approximate surface area is 179 Å². The second-order valence-electron chi connectivity index (χ2n) is 8.69. The first kappa shape index (κ1) is 19.9. The van der Waals surface area contributed by atoms with Crippen LogP contribution in [0.2, 0.25) is 0 Å². The summed E-state index contributed by atoms with van der Waals surface area (Å²) >= 11 is 0. The van der Waals surface area contributed by atoms with Crippen molar-refractivity contribution in [2.45, 2.75) is 57.0 Å². The van der Waals surface area contributed by atoms with Gasteiger partial charge in [-0.15, -0.1) is 5.10 Å². The summed E-state index contributed by atoms with van der Waals surface area (Å²) in [7, 11) is 0. The molecule has 1 saturated heterocycles. The van der Waals surface area contributed by atoms with Gasteiger partial charge in [-0.2, -0.15) is 0 Å². The lowest BCUT2D eigenvalue weighted by molar-refractivity contribution is -0.136. The molecule has 1 atom stereocenters. The maximum Gasteiger partial charge on any atom is 0.255 e. The molecule has 1 aromatic heterocycles. The van der Waals surface area contributed by atoms with E-state index in [4.69, 9.17) is 0 Å². The number of nitrogens with zero attached hydrogens (tertiary/aromatic N) is 4. The molecular formula is C22H25N5O4. The summed E-state index contributed by atoms with van der Waals surface area (Å²) in [5.74, 6) is -0.202. The molecule has 0 spiro atoms. The Balaban J connectivity index is 1.38. The van der Waals surface area contributed by atoms with Crippen LogP contribution in [0.5, 0.6) is 0 Å². The number of aliphatic hydroxyl groups excluding tert-OH is 1. The number of fused-ring (bicyclic) bond motifs is 1. The lowest BCUT2D eigenvalue weighted by Gasteiger charge is -2.29. The molecule has 2 aliphatic heterocycles. The van der Waals surface area contributed by atoms with Crippen LogP contribution in [0.25, 0.3) is 5.69 Å². The maximum absolute atomic E-state index is 13.0. The van der Waals surface area contributed by atoms with Gasteiger partial charge in [0.1, 0.15) is 6.04 Å². The van der Waals surface area contributed by atoms with Gasteiger partial charge in [-0.3, -0.25) is 19.7 Å². The number of rotatable bonds is 4. The van der Waals surface area contributed by atoms with Crippen molar-refractivity contribution in [3.8, 4) is 5.69 Å². The highest BCUT2D eigenvalue weighted by Crippen LogP contribution is 2.36. The summed E-state index contributed by atoms with van der Waals surface area (Å²) in [5, 5.41) is 20.4. The fourth-order valence-electron chi connectivity index (χ4n) is 5.01. The number of amides is 3. The Morgan fingerprint density at radius 2 is 1.90 bits per heavy atom. The number of hydrogen-bond acceptors (Lipinski definition) is 6. The van der Waals surface area contributed by atoms with Crippen molar-refractivity contribution < 1.29 is 19.5 Å². The molecule has 1 unspecified atom stereocenters. The number of aromatic nitrogens is 3. The fraction of sp³-hybridized carbons (Fsp3) is 0.500. The average molecular weight is 423 g/mol. The monoisotopic (exact) mass is 423 g/mol. The molecule has 2 fully saturated rings. The van der Waals surface area contributed by atoms with Gasteiger partial charge in [0.25, 0.3) is 5.91 Å². The predicted molar refractivity (Wildman–Crippen MR) is 109 cm³/mol. The lowest BCUT2D eigenvalue weighted by Crippen LogP contribution is -2.52. The number of carbonyl (C=O) groups excluding carboxylic acids is 3. The van der Waals surface area contributed by atoms with E-state index in [0.717, 1.165) is 42.6 Å². The smallest absolute Gasteiger partial charge is 0.255 e. The van der Waals surface area contributed by atoms with E-state index in [-0.39, 0.29) is 24.8 Å². The molecular weight excluding hydrogens is 398 g/mol. The quantitative estimate of drug-likeness (QED) is 0.716. The molecule has 0 bridgehead atoms. The Morgan fingerprint density at radius 3 is 2.65 bits per heavy atom. The minimum atomic E-state index is -0.640. The van der Waals surface area contributed by atoms with Gasteiger partial charge in [-0.05, 0) is 50.2 Å². The van der Waals surface area contributed by atoms with Gasteiger partial charge in [0.05, 0.1) is 17.6 Å². The van der Waals surface area contributed by atoms with Crippen molar-refractivity contribution in [1.82, 2.24) is 25.2 Å². The number of aliphatic hydroxyl groups is 1. The normalized spacial score (nSPS) is 26.2. The third-order valence-electron chi connectivity index (χ3n) is 6.84.